The fraction of sp³-hybridized carbons (Fsp3) is 0.941. The lowest BCUT2D eigenvalue weighted by Crippen LogP contribution is -2.47. The molecular formula is C17H33IN4O. The zero-order chi connectivity index (χ0) is 15.4. The highest BCUT2D eigenvalue weighted by molar-refractivity contribution is 14.0. The Hall–Kier alpha value is -0.0800. The summed E-state index contributed by atoms with van der Waals surface area (Å²) in [5.74, 6) is 1.81. The van der Waals surface area contributed by atoms with E-state index in [4.69, 9.17) is 9.73 Å². The molecule has 0 amide bonds. The smallest absolute Gasteiger partial charge is 0.191 e. The molecule has 0 aromatic rings. The number of halogens is 1. The predicted octanol–water partition coefficient (Wildman–Crippen LogP) is 2.21. The van der Waals surface area contributed by atoms with Gasteiger partial charge in [0.25, 0.3) is 0 Å². The highest BCUT2D eigenvalue weighted by atomic mass is 127. The summed E-state index contributed by atoms with van der Waals surface area (Å²) in [4.78, 5) is 7.33. The van der Waals surface area contributed by atoms with Crippen LogP contribution in [0.4, 0.5) is 0 Å². The van der Waals surface area contributed by atoms with Gasteiger partial charge >= 0.3 is 0 Å². The Balaban J connectivity index is 0.00000192. The van der Waals surface area contributed by atoms with E-state index in [1.165, 1.54) is 38.8 Å². The Morgan fingerprint density at radius 2 is 2.17 bits per heavy atom. The van der Waals surface area contributed by atoms with Crippen LogP contribution in [0.15, 0.2) is 4.99 Å². The van der Waals surface area contributed by atoms with Crippen molar-refractivity contribution in [2.45, 2.75) is 64.2 Å². The van der Waals surface area contributed by atoms with Crippen LogP contribution in [0.5, 0.6) is 0 Å². The van der Waals surface area contributed by atoms with Crippen LogP contribution in [-0.2, 0) is 4.74 Å². The highest BCUT2D eigenvalue weighted by Gasteiger charge is 2.41. The summed E-state index contributed by atoms with van der Waals surface area (Å²) in [7, 11) is 0. The molecule has 0 aromatic carbocycles. The average molecular weight is 436 g/mol. The molecule has 5 nitrogen and oxygen atoms in total. The van der Waals surface area contributed by atoms with Crippen LogP contribution in [0, 0.1) is 5.92 Å². The van der Waals surface area contributed by atoms with Crippen LogP contribution >= 0.6 is 24.0 Å². The molecule has 3 saturated heterocycles. The van der Waals surface area contributed by atoms with E-state index in [0.717, 1.165) is 37.9 Å². The maximum atomic E-state index is 5.92. The summed E-state index contributed by atoms with van der Waals surface area (Å²) in [6.45, 7) is 9.83. The van der Waals surface area contributed by atoms with Crippen molar-refractivity contribution >= 4 is 29.9 Å². The van der Waals surface area contributed by atoms with Gasteiger partial charge in [-0.2, -0.15) is 0 Å². The molecule has 2 bridgehead atoms. The Morgan fingerprint density at radius 3 is 2.83 bits per heavy atom. The van der Waals surface area contributed by atoms with Crippen LogP contribution in [0.1, 0.15) is 46.0 Å². The SMILES string of the molecule is CCNC(=NCCN1CCCC(C)C1)NC1CC2CCC1O2.I. The standard InChI is InChI=1S/C17H32N4O.HI/c1-3-18-17(20-15-11-14-6-7-16(15)22-14)19-8-10-21-9-4-5-13(2)12-21;/h13-16H,3-12H2,1-2H3,(H2,18,19,20);1H. The van der Waals surface area contributed by atoms with E-state index in [9.17, 15) is 0 Å². The lowest BCUT2D eigenvalue weighted by molar-refractivity contribution is 0.0992. The summed E-state index contributed by atoms with van der Waals surface area (Å²) in [6.07, 6.45) is 7.19. The molecule has 0 aliphatic carbocycles. The minimum Gasteiger partial charge on any atom is -0.373 e. The van der Waals surface area contributed by atoms with Gasteiger partial charge in [-0.25, -0.2) is 0 Å². The van der Waals surface area contributed by atoms with Gasteiger partial charge in [0.2, 0.25) is 0 Å². The van der Waals surface area contributed by atoms with Gasteiger partial charge in [-0.15, -0.1) is 24.0 Å². The number of nitrogens with zero attached hydrogens (tertiary/aromatic N) is 2. The molecule has 3 aliphatic rings. The number of ether oxygens (including phenoxy) is 1. The van der Waals surface area contributed by atoms with E-state index >= 15 is 0 Å². The van der Waals surface area contributed by atoms with Crippen molar-refractivity contribution in [3.8, 4) is 0 Å². The summed E-state index contributed by atoms with van der Waals surface area (Å²) < 4.78 is 5.92. The van der Waals surface area contributed by atoms with Crippen molar-refractivity contribution in [2.24, 2.45) is 10.9 Å². The van der Waals surface area contributed by atoms with Crippen molar-refractivity contribution in [1.82, 2.24) is 15.5 Å². The first-order valence-corrected chi connectivity index (χ1v) is 9.17. The number of nitrogens with one attached hydrogen (secondary N) is 2. The largest absolute Gasteiger partial charge is 0.373 e. The quantitative estimate of drug-likeness (QED) is 0.394. The molecule has 2 N–H and O–H groups in total. The van der Waals surface area contributed by atoms with Gasteiger partial charge in [0.1, 0.15) is 0 Å². The van der Waals surface area contributed by atoms with Gasteiger partial charge in [-0.1, -0.05) is 6.92 Å². The lowest BCUT2D eigenvalue weighted by Gasteiger charge is -2.30. The fourth-order valence-electron chi connectivity index (χ4n) is 4.08. The Labute approximate surface area is 158 Å². The molecule has 3 heterocycles. The summed E-state index contributed by atoms with van der Waals surface area (Å²) in [5.41, 5.74) is 0. The van der Waals surface area contributed by atoms with E-state index < -0.39 is 0 Å². The minimum atomic E-state index is 0. The monoisotopic (exact) mass is 436 g/mol. The summed E-state index contributed by atoms with van der Waals surface area (Å²) in [6, 6.07) is 0.451. The number of piperidine rings is 1. The zero-order valence-electron chi connectivity index (χ0n) is 14.6. The van der Waals surface area contributed by atoms with Crippen molar-refractivity contribution < 1.29 is 4.74 Å². The first-order valence-electron chi connectivity index (χ1n) is 9.17. The van der Waals surface area contributed by atoms with Gasteiger partial charge < -0.3 is 20.3 Å². The molecule has 3 aliphatic heterocycles. The second-order valence-electron chi connectivity index (χ2n) is 7.17. The maximum Gasteiger partial charge on any atom is 0.191 e. The lowest BCUT2D eigenvalue weighted by atomic mass is 9.96. The molecule has 134 valence electrons. The topological polar surface area (TPSA) is 48.9 Å². The second-order valence-corrected chi connectivity index (χ2v) is 7.17. The van der Waals surface area contributed by atoms with Gasteiger partial charge in [0.05, 0.1) is 24.8 Å². The maximum absolute atomic E-state index is 5.92. The Bertz CT molecular complexity index is 393. The van der Waals surface area contributed by atoms with Crippen molar-refractivity contribution in [2.75, 3.05) is 32.7 Å². The molecule has 6 heteroatoms. The molecular weight excluding hydrogens is 403 g/mol. The number of fused-ring (bicyclic) bond motifs is 2. The van der Waals surface area contributed by atoms with Crippen molar-refractivity contribution in [1.29, 1.82) is 0 Å². The minimum absolute atomic E-state index is 0. The third kappa shape index (κ3) is 5.46. The van der Waals surface area contributed by atoms with Gasteiger partial charge in [-0.05, 0) is 51.5 Å². The van der Waals surface area contributed by atoms with Gasteiger partial charge in [0, 0.05) is 19.6 Å². The number of hydrogen-bond acceptors (Lipinski definition) is 3. The third-order valence-corrected chi connectivity index (χ3v) is 5.20. The second kappa shape index (κ2) is 9.42. The number of rotatable bonds is 5. The van der Waals surface area contributed by atoms with Crippen LogP contribution < -0.4 is 10.6 Å². The molecule has 4 atom stereocenters. The molecule has 4 unspecified atom stereocenters. The number of hydrogen-bond donors (Lipinski definition) is 2. The van der Waals surface area contributed by atoms with Crippen molar-refractivity contribution in [3.05, 3.63) is 0 Å². The zero-order valence-corrected chi connectivity index (χ0v) is 16.9. The average Bonchev–Trinajstić information content (AvgIpc) is 3.10. The summed E-state index contributed by atoms with van der Waals surface area (Å²) >= 11 is 0. The summed E-state index contributed by atoms with van der Waals surface area (Å²) in [5, 5.41) is 6.97. The van der Waals surface area contributed by atoms with Crippen LogP contribution in [0.3, 0.4) is 0 Å². The normalized spacial score (nSPS) is 34.3. The molecule has 0 radical (unpaired) electrons. The van der Waals surface area contributed by atoms with Crippen molar-refractivity contribution in [3.63, 3.8) is 0 Å². The van der Waals surface area contributed by atoms with E-state index in [1.54, 1.807) is 0 Å². The molecule has 3 rings (SSSR count). The first kappa shape index (κ1) is 19.2. The highest BCUT2D eigenvalue weighted by Crippen LogP contribution is 2.34. The van der Waals surface area contributed by atoms with E-state index in [2.05, 4.69) is 29.4 Å². The number of likely N-dealkylation sites (tertiary alicyclic amines) is 1. The predicted molar refractivity (Wildman–Crippen MR) is 106 cm³/mol. The first-order chi connectivity index (χ1) is 10.7. The molecule has 23 heavy (non-hydrogen) atoms. The van der Waals surface area contributed by atoms with E-state index in [0.29, 0.717) is 18.2 Å². The van der Waals surface area contributed by atoms with Gasteiger partial charge in [-0.3, -0.25) is 4.99 Å². The molecule has 0 saturated carbocycles. The third-order valence-electron chi connectivity index (χ3n) is 5.20. The van der Waals surface area contributed by atoms with Crippen LogP contribution in [0.25, 0.3) is 0 Å². The van der Waals surface area contributed by atoms with Crippen LogP contribution in [-0.4, -0.2) is 61.8 Å². The van der Waals surface area contributed by atoms with E-state index in [-0.39, 0.29) is 24.0 Å². The van der Waals surface area contributed by atoms with E-state index in [1.807, 2.05) is 0 Å². The fourth-order valence-corrected chi connectivity index (χ4v) is 4.08. The molecule has 3 fully saturated rings. The number of aliphatic imine (C=N–C) groups is 1. The molecule has 0 aromatic heterocycles. The van der Waals surface area contributed by atoms with Gasteiger partial charge in [0.15, 0.2) is 5.96 Å². The van der Waals surface area contributed by atoms with Crippen LogP contribution in [0.2, 0.25) is 0 Å². The molecule has 0 spiro atoms. The number of guanidine groups is 1. The Morgan fingerprint density at radius 1 is 1.30 bits per heavy atom. The Kier molecular flexibility index (Phi) is 7.88.